The first-order valence-electron chi connectivity index (χ1n) is 7.76. The first kappa shape index (κ1) is 15.5. The summed E-state index contributed by atoms with van der Waals surface area (Å²) in [5, 5.41) is 10.2. The summed E-state index contributed by atoms with van der Waals surface area (Å²) in [5.74, 6) is 0.618. The van der Waals surface area contributed by atoms with E-state index >= 15 is 0 Å². The van der Waals surface area contributed by atoms with Crippen LogP contribution in [0, 0.1) is 18.7 Å². The third kappa shape index (κ3) is 4.03. The van der Waals surface area contributed by atoms with Gasteiger partial charge in [0.05, 0.1) is 6.10 Å². The van der Waals surface area contributed by atoms with Crippen LogP contribution in [0.2, 0.25) is 0 Å². The standard InChI is InChI=1S/C17H26FNO/c1-3-19(12-14-5-4-6-14)10-9-17(20)15-8-7-13(2)16(18)11-15/h7-8,11,14,17,20H,3-6,9-10,12H2,1-2H3. The molecule has 0 amide bonds. The van der Waals surface area contributed by atoms with E-state index in [1.54, 1.807) is 13.0 Å². The Morgan fingerprint density at radius 3 is 2.70 bits per heavy atom. The molecule has 1 aromatic rings. The number of nitrogens with zero attached hydrogens (tertiary/aromatic N) is 1. The molecular formula is C17H26FNO. The molecule has 1 fully saturated rings. The lowest BCUT2D eigenvalue weighted by molar-refractivity contribution is 0.126. The maximum absolute atomic E-state index is 13.5. The van der Waals surface area contributed by atoms with Crippen LogP contribution < -0.4 is 0 Å². The van der Waals surface area contributed by atoms with Crippen LogP contribution in [0.1, 0.15) is 49.8 Å². The molecule has 1 aliphatic rings. The summed E-state index contributed by atoms with van der Waals surface area (Å²) in [4.78, 5) is 2.40. The van der Waals surface area contributed by atoms with Gasteiger partial charge in [0, 0.05) is 13.1 Å². The molecule has 112 valence electrons. The molecule has 0 aliphatic heterocycles. The molecule has 0 aromatic heterocycles. The Morgan fingerprint density at radius 2 is 2.15 bits per heavy atom. The molecule has 1 unspecified atom stereocenters. The molecule has 3 heteroatoms. The van der Waals surface area contributed by atoms with Gasteiger partial charge in [0.2, 0.25) is 0 Å². The van der Waals surface area contributed by atoms with Crippen LogP contribution in [0.5, 0.6) is 0 Å². The average molecular weight is 279 g/mol. The van der Waals surface area contributed by atoms with E-state index in [-0.39, 0.29) is 5.82 Å². The van der Waals surface area contributed by atoms with Crippen LogP contribution >= 0.6 is 0 Å². The molecule has 2 nitrogen and oxygen atoms in total. The van der Waals surface area contributed by atoms with E-state index < -0.39 is 6.10 Å². The molecular weight excluding hydrogens is 253 g/mol. The van der Waals surface area contributed by atoms with E-state index in [4.69, 9.17) is 0 Å². The van der Waals surface area contributed by atoms with Crippen molar-refractivity contribution >= 4 is 0 Å². The lowest BCUT2D eigenvalue weighted by Gasteiger charge is -2.32. The number of hydrogen-bond donors (Lipinski definition) is 1. The highest BCUT2D eigenvalue weighted by Crippen LogP contribution is 2.27. The summed E-state index contributed by atoms with van der Waals surface area (Å²) in [6.45, 7) is 6.94. The van der Waals surface area contributed by atoms with E-state index in [1.807, 2.05) is 6.07 Å². The molecule has 0 bridgehead atoms. The summed E-state index contributed by atoms with van der Waals surface area (Å²) in [7, 11) is 0. The predicted molar refractivity (Wildman–Crippen MR) is 80.2 cm³/mol. The number of rotatable bonds is 7. The van der Waals surface area contributed by atoms with Crippen molar-refractivity contribution in [1.29, 1.82) is 0 Å². The second-order valence-corrected chi connectivity index (χ2v) is 6.00. The first-order valence-corrected chi connectivity index (χ1v) is 7.76. The van der Waals surface area contributed by atoms with Gasteiger partial charge in [0.25, 0.3) is 0 Å². The average Bonchev–Trinajstić information content (AvgIpc) is 2.39. The summed E-state index contributed by atoms with van der Waals surface area (Å²) in [6.07, 6.45) is 4.17. The van der Waals surface area contributed by atoms with Crippen molar-refractivity contribution in [1.82, 2.24) is 4.90 Å². The lowest BCUT2D eigenvalue weighted by atomic mass is 9.85. The van der Waals surface area contributed by atoms with Gasteiger partial charge < -0.3 is 10.0 Å². The van der Waals surface area contributed by atoms with Gasteiger partial charge >= 0.3 is 0 Å². The van der Waals surface area contributed by atoms with Crippen LogP contribution in [-0.2, 0) is 0 Å². The smallest absolute Gasteiger partial charge is 0.126 e. The van der Waals surface area contributed by atoms with Crippen molar-refractivity contribution in [2.75, 3.05) is 19.6 Å². The third-order valence-electron chi connectivity index (χ3n) is 4.49. The third-order valence-corrected chi connectivity index (χ3v) is 4.49. The number of aliphatic hydroxyl groups excluding tert-OH is 1. The predicted octanol–water partition coefficient (Wildman–Crippen LogP) is 3.68. The molecule has 20 heavy (non-hydrogen) atoms. The Morgan fingerprint density at radius 1 is 1.40 bits per heavy atom. The Hall–Kier alpha value is -0.930. The summed E-state index contributed by atoms with van der Waals surface area (Å²) >= 11 is 0. The van der Waals surface area contributed by atoms with Crippen molar-refractivity contribution in [2.24, 2.45) is 5.92 Å². The fourth-order valence-corrected chi connectivity index (χ4v) is 2.71. The molecule has 0 spiro atoms. The van der Waals surface area contributed by atoms with Gasteiger partial charge in [0.15, 0.2) is 0 Å². The normalized spacial score (nSPS) is 17.2. The quantitative estimate of drug-likeness (QED) is 0.823. The minimum atomic E-state index is -0.569. The molecule has 2 rings (SSSR count). The fraction of sp³-hybridized carbons (Fsp3) is 0.647. The van der Waals surface area contributed by atoms with Gasteiger partial charge in [-0.05, 0) is 55.8 Å². The van der Waals surface area contributed by atoms with Crippen LogP contribution in [0.4, 0.5) is 4.39 Å². The minimum Gasteiger partial charge on any atom is -0.388 e. The van der Waals surface area contributed by atoms with Gasteiger partial charge in [-0.2, -0.15) is 0 Å². The van der Waals surface area contributed by atoms with E-state index in [0.717, 1.165) is 25.6 Å². The monoisotopic (exact) mass is 279 g/mol. The maximum Gasteiger partial charge on any atom is 0.126 e. The largest absolute Gasteiger partial charge is 0.388 e. The van der Waals surface area contributed by atoms with Crippen molar-refractivity contribution in [3.8, 4) is 0 Å². The van der Waals surface area contributed by atoms with Gasteiger partial charge in [-0.15, -0.1) is 0 Å². The summed E-state index contributed by atoms with van der Waals surface area (Å²) in [6, 6.07) is 5.02. The van der Waals surface area contributed by atoms with Crippen molar-refractivity contribution in [3.05, 3.63) is 35.1 Å². The number of halogens is 1. The molecule has 1 aliphatic carbocycles. The molecule has 0 heterocycles. The van der Waals surface area contributed by atoms with E-state index in [2.05, 4.69) is 11.8 Å². The van der Waals surface area contributed by atoms with Crippen molar-refractivity contribution in [2.45, 2.75) is 45.6 Å². The van der Waals surface area contributed by atoms with Crippen LogP contribution in [-0.4, -0.2) is 29.6 Å². The topological polar surface area (TPSA) is 23.5 Å². The number of aryl methyl sites for hydroxylation is 1. The Labute approximate surface area is 121 Å². The second-order valence-electron chi connectivity index (χ2n) is 6.00. The lowest BCUT2D eigenvalue weighted by Crippen LogP contribution is -2.33. The Kier molecular flexibility index (Phi) is 5.55. The summed E-state index contributed by atoms with van der Waals surface area (Å²) < 4.78 is 13.5. The fourth-order valence-electron chi connectivity index (χ4n) is 2.71. The Bertz CT molecular complexity index is 431. The van der Waals surface area contributed by atoms with Gasteiger partial charge in [-0.1, -0.05) is 25.5 Å². The second kappa shape index (κ2) is 7.19. The van der Waals surface area contributed by atoms with Gasteiger partial charge in [-0.3, -0.25) is 0 Å². The summed E-state index contributed by atoms with van der Waals surface area (Å²) in [5.41, 5.74) is 1.31. The van der Waals surface area contributed by atoms with E-state index in [9.17, 15) is 9.50 Å². The zero-order chi connectivity index (χ0) is 14.5. The molecule has 1 N–H and O–H groups in total. The highest BCUT2D eigenvalue weighted by Gasteiger charge is 2.20. The SMILES string of the molecule is CCN(CCC(O)c1ccc(C)c(F)c1)CC1CCC1. The van der Waals surface area contributed by atoms with Crippen molar-refractivity contribution in [3.63, 3.8) is 0 Å². The molecule has 0 radical (unpaired) electrons. The van der Waals surface area contributed by atoms with Crippen LogP contribution in [0.3, 0.4) is 0 Å². The number of benzene rings is 1. The zero-order valence-electron chi connectivity index (χ0n) is 12.6. The molecule has 1 aromatic carbocycles. The first-order chi connectivity index (χ1) is 9.60. The minimum absolute atomic E-state index is 0.233. The molecule has 1 atom stereocenters. The Balaban J connectivity index is 1.83. The van der Waals surface area contributed by atoms with Crippen LogP contribution in [0.15, 0.2) is 18.2 Å². The number of aliphatic hydroxyl groups is 1. The molecule has 1 saturated carbocycles. The van der Waals surface area contributed by atoms with Gasteiger partial charge in [0.1, 0.15) is 5.82 Å². The van der Waals surface area contributed by atoms with Gasteiger partial charge in [-0.25, -0.2) is 4.39 Å². The maximum atomic E-state index is 13.5. The van der Waals surface area contributed by atoms with E-state index in [0.29, 0.717) is 17.5 Å². The highest BCUT2D eigenvalue weighted by atomic mass is 19.1. The van der Waals surface area contributed by atoms with Crippen molar-refractivity contribution < 1.29 is 9.50 Å². The van der Waals surface area contributed by atoms with Crippen LogP contribution in [0.25, 0.3) is 0 Å². The zero-order valence-corrected chi connectivity index (χ0v) is 12.6. The highest BCUT2D eigenvalue weighted by molar-refractivity contribution is 5.24. The van der Waals surface area contributed by atoms with E-state index in [1.165, 1.54) is 25.3 Å². The molecule has 0 saturated heterocycles. The number of hydrogen-bond acceptors (Lipinski definition) is 2.